The van der Waals surface area contributed by atoms with E-state index in [1.807, 2.05) is 0 Å². The van der Waals surface area contributed by atoms with Gasteiger partial charge in [-0.3, -0.25) is 0 Å². The molecule has 0 aliphatic rings. The average molecular weight is 360 g/mol. The second kappa shape index (κ2) is 5.72. The van der Waals surface area contributed by atoms with Crippen molar-refractivity contribution >= 4 is 11.0 Å². The van der Waals surface area contributed by atoms with E-state index in [9.17, 15) is 17.6 Å². The molecule has 0 atom stereocenters. The topological polar surface area (TPSA) is 31.0 Å². The van der Waals surface area contributed by atoms with Crippen LogP contribution in [0.4, 0.5) is 17.6 Å². The molecule has 0 N–H and O–H groups in total. The Morgan fingerprint density at radius 1 is 0.962 bits per heavy atom. The largest absolute Gasteiger partial charge is 0.453 e. The van der Waals surface area contributed by atoms with Gasteiger partial charge in [-0.05, 0) is 42.5 Å². The third-order valence-corrected chi connectivity index (χ3v) is 4.17. The van der Waals surface area contributed by atoms with Crippen molar-refractivity contribution in [3.63, 3.8) is 0 Å². The predicted octanol–water partition coefficient (Wildman–Crippen LogP) is 5.66. The quantitative estimate of drug-likeness (QED) is 0.432. The second-order valence-electron chi connectivity index (χ2n) is 5.84. The number of benzene rings is 2. The highest BCUT2D eigenvalue weighted by atomic mass is 19.4. The number of halogens is 4. The number of aryl methyl sites for hydroxylation is 1. The van der Waals surface area contributed by atoms with Crippen LogP contribution in [0.3, 0.4) is 0 Å². The molecule has 2 heterocycles. The number of hydrogen-bond acceptors (Lipinski definition) is 2. The van der Waals surface area contributed by atoms with Crippen molar-refractivity contribution in [3.8, 4) is 22.9 Å². The third kappa shape index (κ3) is 2.65. The van der Waals surface area contributed by atoms with Gasteiger partial charge in [-0.15, -0.1) is 0 Å². The molecule has 0 fully saturated rings. The summed E-state index contributed by atoms with van der Waals surface area (Å²) in [6.07, 6.45) is -4.43. The van der Waals surface area contributed by atoms with Gasteiger partial charge in [0, 0.05) is 7.05 Å². The van der Waals surface area contributed by atoms with E-state index in [1.54, 1.807) is 37.4 Å². The second-order valence-corrected chi connectivity index (χ2v) is 5.84. The summed E-state index contributed by atoms with van der Waals surface area (Å²) in [5.74, 6) is 0.604. The highest BCUT2D eigenvalue weighted by Gasteiger charge is 2.31. The first-order chi connectivity index (χ1) is 12.3. The molecule has 2 aromatic carbocycles. The molecule has 132 valence electrons. The standard InChI is InChI=1S/C19H12F4N2O/c1-25-15-10-11(19(21,22)23)6-7-14(15)24-18(25)17-9-8-16(26-17)12-4-2-3-5-13(12)20/h2-10H,1H3. The maximum atomic E-state index is 13.9. The van der Waals surface area contributed by atoms with Crippen LogP contribution in [-0.4, -0.2) is 9.55 Å². The average Bonchev–Trinajstić information content (AvgIpc) is 3.19. The molecule has 4 rings (SSSR count). The molecular formula is C19H12F4N2O. The third-order valence-electron chi connectivity index (χ3n) is 4.17. The fraction of sp³-hybridized carbons (Fsp3) is 0.105. The maximum absolute atomic E-state index is 13.9. The van der Waals surface area contributed by atoms with Gasteiger partial charge in [0.05, 0.1) is 22.2 Å². The predicted molar refractivity (Wildman–Crippen MR) is 88.8 cm³/mol. The highest BCUT2D eigenvalue weighted by Crippen LogP contribution is 2.34. The molecule has 0 saturated carbocycles. The van der Waals surface area contributed by atoms with Gasteiger partial charge in [0.1, 0.15) is 11.6 Å². The Hall–Kier alpha value is -3.09. The minimum absolute atomic E-state index is 0.303. The van der Waals surface area contributed by atoms with E-state index in [2.05, 4.69) is 4.98 Å². The maximum Gasteiger partial charge on any atom is 0.416 e. The zero-order valence-electron chi connectivity index (χ0n) is 13.5. The molecule has 3 nitrogen and oxygen atoms in total. The number of aromatic nitrogens is 2. The van der Waals surface area contributed by atoms with Crippen molar-refractivity contribution in [2.75, 3.05) is 0 Å². The van der Waals surface area contributed by atoms with Crippen LogP contribution in [0.15, 0.2) is 59.0 Å². The van der Waals surface area contributed by atoms with Crippen molar-refractivity contribution in [1.82, 2.24) is 9.55 Å². The lowest BCUT2D eigenvalue weighted by Crippen LogP contribution is -2.04. The van der Waals surface area contributed by atoms with Crippen LogP contribution in [0.2, 0.25) is 0 Å². The minimum atomic E-state index is -4.43. The molecule has 0 unspecified atom stereocenters. The van der Waals surface area contributed by atoms with E-state index in [1.165, 1.54) is 16.7 Å². The molecule has 0 aliphatic heterocycles. The highest BCUT2D eigenvalue weighted by molar-refractivity contribution is 5.81. The summed E-state index contributed by atoms with van der Waals surface area (Å²) in [5.41, 5.74) is 0.306. The van der Waals surface area contributed by atoms with Crippen molar-refractivity contribution in [3.05, 3.63) is 66.0 Å². The normalized spacial score (nSPS) is 12.0. The Kier molecular flexibility index (Phi) is 3.61. The number of hydrogen-bond donors (Lipinski definition) is 0. The fourth-order valence-electron chi connectivity index (χ4n) is 2.85. The minimum Gasteiger partial charge on any atom is -0.453 e. The molecule has 2 aromatic heterocycles. The Bertz CT molecular complexity index is 1110. The van der Waals surface area contributed by atoms with Crippen LogP contribution in [0.25, 0.3) is 33.9 Å². The van der Waals surface area contributed by atoms with Gasteiger partial charge in [-0.1, -0.05) is 12.1 Å². The molecule has 0 spiro atoms. The molecule has 0 amide bonds. The Morgan fingerprint density at radius 3 is 2.42 bits per heavy atom. The van der Waals surface area contributed by atoms with E-state index in [0.29, 0.717) is 33.9 Å². The summed E-state index contributed by atoms with van der Waals surface area (Å²) in [6.45, 7) is 0. The first kappa shape index (κ1) is 16.4. The first-order valence-corrected chi connectivity index (χ1v) is 7.73. The molecule has 7 heteroatoms. The van der Waals surface area contributed by atoms with Crippen molar-refractivity contribution in [1.29, 1.82) is 0 Å². The lowest BCUT2D eigenvalue weighted by molar-refractivity contribution is -0.137. The van der Waals surface area contributed by atoms with E-state index in [0.717, 1.165) is 12.1 Å². The van der Waals surface area contributed by atoms with Crippen LogP contribution >= 0.6 is 0 Å². The Balaban J connectivity index is 1.81. The lowest BCUT2D eigenvalue weighted by Gasteiger charge is -2.06. The van der Waals surface area contributed by atoms with Crippen molar-refractivity contribution in [2.24, 2.45) is 7.05 Å². The number of nitrogens with zero attached hydrogens (tertiary/aromatic N) is 2. The Labute approximate surface area is 145 Å². The Morgan fingerprint density at radius 2 is 1.69 bits per heavy atom. The molecule has 26 heavy (non-hydrogen) atoms. The smallest absolute Gasteiger partial charge is 0.416 e. The van der Waals surface area contributed by atoms with E-state index >= 15 is 0 Å². The zero-order valence-corrected chi connectivity index (χ0v) is 13.5. The monoisotopic (exact) mass is 360 g/mol. The number of furan rings is 1. The summed E-state index contributed by atoms with van der Waals surface area (Å²) >= 11 is 0. The molecule has 4 aromatic rings. The van der Waals surface area contributed by atoms with Gasteiger partial charge in [-0.25, -0.2) is 9.37 Å². The first-order valence-electron chi connectivity index (χ1n) is 7.73. The van der Waals surface area contributed by atoms with Crippen LogP contribution < -0.4 is 0 Å². The lowest BCUT2D eigenvalue weighted by atomic mass is 10.1. The van der Waals surface area contributed by atoms with Gasteiger partial charge in [0.15, 0.2) is 11.6 Å². The van der Waals surface area contributed by atoms with Gasteiger partial charge in [-0.2, -0.15) is 13.2 Å². The van der Waals surface area contributed by atoms with Gasteiger partial charge < -0.3 is 8.98 Å². The molecule has 0 aliphatic carbocycles. The van der Waals surface area contributed by atoms with E-state index in [-0.39, 0.29) is 0 Å². The number of rotatable bonds is 2. The summed E-state index contributed by atoms with van der Waals surface area (Å²) < 4.78 is 59.9. The summed E-state index contributed by atoms with van der Waals surface area (Å²) in [7, 11) is 1.61. The number of imidazole rings is 1. The molecule has 0 saturated heterocycles. The summed E-state index contributed by atoms with van der Waals surface area (Å²) in [4.78, 5) is 4.34. The van der Waals surface area contributed by atoms with Crippen LogP contribution in [0.5, 0.6) is 0 Å². The number of fused-ring (bicyclic) bond motifs is 1. The van der Waals surface area contributed by atoms with Gasteiger partial charge in [0.2, 0.25) is 0 Å². The van der Waals surface area contributed by atoms with Crippen LogP contribution in [0.1, 0.15) is 5.56 Å². The molecule has 0 bridgehead atoms. The van der Waals surface area contributed by atoms with Gasteiger partial charge >= 0.3 is 6.18 Å². The summed E-state index contributed by atoms with van der Waals surface area (Å²) in [6, 6.07) is 12.8. The molecular weight excluding hydrogens is 348 g/mol. The zero-order chi connectivity index (χ0) is 18.5. The van der Waals surface area contributed by atoms with Crippen LogP contribution in [0, 0.1) is 5.82 Å². The van der Waals surface area contributed by atoms with Gasteiger partial charge in [0.25, 0.3) is 0 Å². The number of alkyl halides is 3. The van der Waals surface area contributed by atoms with E-state index in [4.69, 9.17) is 4.42 Å². The molecule has 0 radical (unpaired) electrons. The fourth-order valence-corrected chi connectivity index (χ4v) is 2.85. The van der Waals surface area contributed by atoms with Crippen molar-refractivity contribution in [2.45, 2.75) is 6.18 Å². The van der Waals surface area contributed by atoms with Crippen molar-refractivity contribution < 1.29 is 22.0 Å². The SMILES string of the molecule is Cn1c(-c2ccc(-c3ccccc3F)o2)nc2ccc(C(F)(F)F)cc21. The van der Waals surface area contributed by atoms with Crippen LogP contribution in [-0.2, 0) is 13.2 Å². The summed E-state index contributed by atoms with van der Waals surface area (Å²) in [5, 5.41) is 0. The van der Waals surface area contributed by atoms with E-state index < -0.39 is 17.6 Å².